The third-order valence-corrected chi connectivity index (χ3v) is 7.33. The molecule has 0 saturated heterocycles. The van der Waals surface area contributed by atoms with Gasteiger partial charge in [-0.3, -0.25) is 18.6 Å². The van der Waals surface area contributed by atoms with Crippen molar-refractivity contribution in [2.24, 2.45) is 0 Å². The zero-order valence-electron chi connectivity index (χ0n) is 17.9. The number of ether oxygens (including phenoxy) is 1. The topological polar surface area (TPSA) is 81.7 Å². The first-order chi connectivity index (χ1) is 15.6. The number of nitrogens with zero attached hydrogens (tertiary/aromatic N) is 5. The third-order valence-electron chi connectivity index (χ3n) is 5.52. The van der Waals surface area contributed by atoms with E-state index in [2.05, 4.69) is 17.1 Å². The first kappa shape index (κ1) is 21.0. The van der Waals surface area contributed by atoms with E-state index in [9.17, 15) is 9.59 Å². The Labute approximate surface area is 192 Å². The number of aryl methyl sites for hydroxylation is 2. The lowest BCUT2D eigenvalue weighted by Gasteiger charge is -2.29. The highest BCUT2D eigenvalue weighted by Crippen LogP contribution is 2.33. The predicted octanol–water partition coefficient (Wildman–Crippen LogP) is 3.73. The Balaban J connectivity index is 1.46. The van der Waals surface area contributed by atoms with Crippen LogP contribution in [0, 0.1) is 6.92 Å². The summed E-state index contributed by atoms with van der Waals surface area (Å²) in [6, 6.07) is 7.78. The molecular weight excluding hydrogens is 446 g/mol. The molecule has 0 aliphatic carbocycles. The van der Waals surface area contributed by atoms with Gasteiger partial charge < -0.3 is 9.64 Å². The van der Waals surface area contributed by atoms with Crippen LogP contribution in [-0.4, -0.2) is 44.0 Å². The van der Waals surface area contributed by atoms with Crippen LogP contribution in [0.25, 0.3) is 16.0 Å². The van der Waals surface area contributed by atoms with E-state index < -0.39 is 0 Å². The van der Waals surface area contributed by atoms with E-state index >= 15 is 0 Å². The van der Waals surface area contributed by atoms with Crippen LogP contribution in [0.3, 0.4) is 0 Å². The van der Waals surface area contributed by atoms with Crippen molar-refractivity contribution in [1.29, 1.82) is 0 Å². The Morgan fingerprint density at radius 2 is 2.16 bits per heavy atom. The zero-order valence-corrected chi connectivity index (χ0v) is 19.5. The maximum absolute atomic E-state index is 13.1. The number of thioether (sulfide) groups is 1. The van der Waals surface area contributed by atoms with Crippen molar-refractivity contribution in [2.75, 3.05) is 23.8 Å². The summed E-state index contributed by atoms with van der Waals surface area (Å²) < 4.78 is 9.98. The summed E-state index contributed by atoms with van der Waals surface area (Å²) in [4.78, 5) is 27.8. The monoisotopic (exact) mass is 469 g/mol. The second-order valence-corrected chi connectivity index (χ2v) is 9.58. The molecule has 0 saturated carbocycles. The summed E-state index contributed by atoms with van der Waals surface area (Å²) in [6.45, 7) is 5.67. The second kappa shape index (κ2) is 8.59. The van der Waals surface area contributed by atoms with Crippen molar-refractivity contribution in [3.63, 3.8) is 0 Å². The van der Waals surface area contributed by atoms with Crippen molar-refractivity contribution in [3.05, 3.63) is 45.6 Å². The number of fused-ring (bicyclic) bond motifs is 4. The predicted molar refractivity (Wildman–Crippen MR) is 127 cm³/mol. The van der Waals surface area contributed by atoms with Crippen LogP contribution in [0.4, 0.5) is 5.69 Å². The average molecular weight is 470 g/mol. The van der Waals surface area contributed by atoms with Gasteiger partial charge in [0.25, 0.3) is 5.56 Å². The molecule has 10 heteroatoms. The number of benzene rings is 1. The van der Waals surface area contributed by atoms with Gasteiger partial charge in [0.15, 0.2) is 5.16 Å². The SMILES string of the molecule is CCCCn1c(=O)c2sccc2n2c(SCC(=O)N3CCOc4ccc(C)cc43)nnc12. The minimum Gasteiger partial charge on any atom is -0.490 e. The molecule has 0 N–H and O–H groups in total. The first-order valence-corrected chi connectivity index (χ1v) is 12.5. The molecule has 5 rings (SSSR count). The fraction of sp³-hybridized carbons (Fsp3) is 0.364. The van der Waals surface area contributed by atoms with Crippen molar-refractivity contribution in [3.8, 4) is 5.75 Å². The summed E-state index contributed by atoms with van der Waals surface area (Å²) in [6.07, 6.45) is 1.86. The van der Waals surface area contributed by atoms with E-state index in [0.717, 1.165) is 35.4 Å². The average Bonchev–Trinajstić information content (AvgIpc) is 3.44. The number of carbonyl (C=O) groups excluding carboxylic acids is 1. The minimum atomic E-state index is -0.0312. The van der Waals surface area contributed by atoms with Gasteiger partial charge in [-0.15, -0.1) is 21.5 Å². The fourth-order valence-electron chi connectivity index (χ4n) is 3.90. The number of aromatic nitrogens is 4. The Kier molecular flexibility index (Phi) is 5.64. The van der Waals surface area contributed by atoms with Gasteiger partial charge in [-0.1, -0.05) is 31.2 Å². The molecule has 0 atom stereocenters. The summed E-state index contributed by atoms with van der Waals surface area (Å²) in [5.74, 6) is 1.46. The molecule has 0 fully saturated rings. The molecule has 0 spiro atoms. The lowest BCUT2D eigenvalue weighted by molar-refractivity contribution is -0.116. The van der Waals surface area contributed by atoms with Crippen LogP contribution >= 0.6 is 23.1 Å². The summed E-state index contributed by atoms with van der Waals surface area (Å²) in [5.41, 5.74) is 2.64. The molecule has 1 amide bonds. The van der Waals surface area contributed by atoms with E-state index in [1.807, 2.05) is 41.0 Å². The number of anilines is 1. The van der Waals surface area contributed by atoms with Gasteiger partial charge in [0.05, 0.1) is 23.5 Å². The quantitative estimate of drug-likeness (QED) is 0.400. The Hall–Kier alpha value is -2.85. The number of carbonyl (C=O) groups is 1. The number of hydrogen-bond acceptors (Lipinski definition) is 7. The fourth-order valence-corrected chi connectivity index (χ4v) is 5.54. The second-order valence-electron chi connectivity index (χ2n) is 7.72. The number of hydrogen-bond donors (Lipinski definition) is 0. The Morgan fingerprint density at radius 3 is 3.00 bits per heavy atom. The molecule has 0 unspecified atom stereocenters. The molecule has 4 aromatic rings. The van der Waals surface area contributed by atoms with Crippen molar-refractivity contribution in [1.82, 2.24) is 19.2 Å². The van der Waals surface area contributed by atoms with Gasteiger partial charge in [0.1, 0.15) is 17.1 Å². The van der Waals surface area contributed by atoms with E-state index in [-0.39, 0.29) is 17.2 Å². The molecule has 1 aliphatic heterocycles. The minimum absolute atomic E-state index is 0.0113. The summed E-state index contributed by atoms with van der Waals surface area (Å²) in [7, 11) is 0. The molecule has 8 nitrogen and oxygen atoms in total. The van der Waals surface area contributed by atoms with Gasteiger partial charge in [-0.25, -0.2) is 0 Å². The van der Waals surface area contributed by atoms with E-state index in [1.54, 1.807) is 9.47 Å². The van der Waals surface area contributed by atoms with Gasteiger partial charge in [-0.2, -0.15) is 0 Å². The highest BCUT2D eigenvalue weighted by Gasteiger charge is 2.25. The molecule has 0 radical (unpaired) electrons. The number of rotatable bonds is 6. The van der Waals surface area contributed by atoms with Gasteiger partial charge >= 0.3 is 0 Å². The van der Waals surface area contributed by atoms with E-state index in [4.69, 9.17) is 4.74 Å². The van der Waals surface area contributed by atoms with Gasteiger partial charge in [0.2, 0.25) is 11.7 Å². The van der Waals surface area contributed by atoms with Gasteiger partial charge in [0, 0.05) is 6.54 Å². The Morgan fingerprint density at radius 1 is 1.28 bits per heavy atom. The lowest BCUT2D eigenvalue weighted by Crippen LogP contribution is -2.39. The molecule has 0 bridgehead atoms. The van der Waals surface area contributed by atoms with Crippen molar-refractivity contribution < 1.29 is 9.53 Å². The molecule has 4 heterocycles. The largest absolute Gasteiger partial charge is 0.490 e. The van der Waals surface area contributed by atoms with Crippen LogP contribution in [0.5, 0.6) is 5.75 Å². The van der Waals surface area contributed by atoms with Crippen molar-refractivity contribution >= 4 is 50.7 Å². The van der Waals surface area contributed by atoms with Crippen LogP contribution < -0.4 is 15.2 Å². The number of thiophene rings is 1. The van der Waals surface area contributed by atoms with Crippen LogP contribution in [0.1, 0.15) is 25.3 Å². The van der Waals surface area contributed by atoms with E-state index in [0.29, 0.717) is 35.3 Å². The van der Waals surface area contributed by atoms with Gasteiger partial charge in [-0.05, 0) is 42.5 Å². The number of amides is 1. The number of unbranched alkanes of at least 4 members (excludes halogenated alkanes) is 1. The lowest BCUT2D eigenvalue weighted by atomic mass is 10.1. The molecule has 166 valence electrons. The summed E-state index contributed by atoms with van der Waals surface area (Å²) in [5, 5.41) is 11.2. The van der Waals surface area contributed by atoms with E-state index in [1.165, 1.54) is 23.1 Å². The molecular formula is C22H23N5O3S2. The van der Waals surface area contributed by atoms with Crippen LogP contribution in [0.2, 0.25) is 0 Å². The maximum Gasteiger partial charge on any atom is 0.272 e. The smallest absolute Gasteiger partial charge is 0.272 e. The Bertz CT molecular complexity index is 1370. The zero-order chi connectivity index (χ0) is 22.2. The third kappa shape index (κ3) is 3.57. The highest BCUT2D eigenvalue weighted by atomic mass is 32.2. The molecule has 1 aromatic carbocycles. The normalized spacial score (nSPS) is 13.5. The maximum atomic E-state index is 13.1. The standard InChI is InChI=1S/C22H23N5O3S2/c1-3-4-8-26-20(29)19-15(7-11-31-19)27-21(26)23-24-22(27)32-13-18(28)25-9-10-30-17-6-5-14(2)12-16(17)25/h5-7,11-12H,3-4,8-10,13H2,1-2H3. The molecule has 1 aliphatic rings. The molecule has 32 heavy (non-hydrogen) atoms. The van der Waals surface area contributed by atoms with Crippen molar-refractivity contribution in [2.45, 2.75) is 38.4 Å². The molecule has 3 aromatic heterocycles. The first-order valence-electron chi connectivity index (χ1n) is 10.6. The van der Waals surface area contributed by atoms with Crippen LogP contribution in [0.15, 0.2) is 39.6 Å². The highest BCUT2D eigenvalue weighted by molar-refractivity contribution is 7.99. The van der Waals surface area contributed by atoms with Crippen LogP contribution in [-0.2, 0) is 11.3 Å². The summed E-state index contributed by atoms with van der Waals surface area (Å²) >= 11 is 2.76.